The number of nitrogens with one attached hydrogen (secondary N) is 2. The predicted molar refractivity (Wildman–Crippen MR) is 141 cm³/mol. The Morgan fingerprint density at radius 1 is 0.947 bits per heavy atom. The molecular formula is C26H19Cl2N7O3. The number of pyridine rings is 1. The first-order chi connectivity index (χ1) is 18.4. The molecule has 0 fully saturated rings. The summed E-state index contributed by atoms with van der Waals surface area (Å²) in [7, 11) is 0. The van der Waals surface area contributed by atoms with Crippen LogP contribution in [0.2, 0.25) is 10.0 Å². The highest BCUT2D eigenvalue weighted by molar-refractivity contribution is 6.38. The van der Waals surface area contributed by atoms with Gasteiger partial charge in [0.05, 0.1) is 33.5 Å². The number of nitrogens with zero attached hydrogens (tertiary/aromatic N) is 5. The molecule has 2 amide bonds. The number of para-hydroxylation sites is 1. The van der Waals surface area contributed by atoms with Crippen LogP contribution in [-0.4, -0.2) is 36.8 Å². The Morgan fingerprint density at radius 2 is 1.74 bits per heavy atom. The number of aryl methyl sites for hydroxylation is 1. The van der Waals surface area contributed by atoms with Gasteiger partial charge in [0, 0.05) is 24.8 Å². The lowest BCUT2D eigenvalue weighted by molar-refractivity contribution is 0.0941. The zero-order valence-corrected chi connectivity index (χ0v) is 21.4. The summed E-state index contributed by atoms with van der Waals surface area (Å²) in [6, 6.07) is 19.0. The van der Waals surface area contributed by atoms with E-state index in [1.165, 1.54) is 16.8 Å². The average molecular weight is 548 g/mol. The fourth-order valence-corrected chi connectivity index (χ4v) is 4.19. The van der Waals surface area contributed by atoms with Crippen LogP contribution in [0.3, 0.4) is 0 Å². The van der Waals surface area contributed by atoms with Crippen LogP contribution >= 0.6 is 23.2 Å². The molecule has 190 valence electrons. The quantitative estimate of drug-likeness (QED) is 0.289. The summed E-state index contributed by atoms with van der Waals surface area (Å²) in [6.45, 7) is 1.68. The van der Waals surface area contributed by atoms with E-state index in [0.717, 1.165) is 0 Å². The molecule has 10 nitrogen and oxygen atoms in total. The van der Waals surface area contributed by atoms with Crippen LogP contribution in [0.15, 0.2) is 77.3 Å². The van der Waals surface area contributed by atoms with Crippen LogP contribution in [0.5, 0.6) is 0 Å². The molecular weight excluding hydrogens is 529 g/mol. The molecule has 3 aromatic heterocycles. The summed E-state index contributed by atoms with van der Waals surface area (Å²) >= 11 is 12.8. The Balaban J connectivity index is 1.45. The van der Waals surface area contributed by atoms with Crippen molar-refractivity contribution in [2.75, 3.05) is 5.32 Å². The minimum atomic E-state index is -0.519. The molecule has 0 aliphatic heterocycles. The molecule has 2 aromatic carbocycles. The summed E-state index contributed by atoms with van der Waals surface area (Å²) < 4.78 is 6.74. The molecule has 0 aliphatic carbocycles. The summed E-state index contributed by atoms with van der Waals surface area (Å²) in [5, 5.41) is 18.0. The van der Waals surface area contributed by atoms with Crippen LogP contribution in [0.1, 0.15) is 32.6 Å². The number of anilines is 1. The van der Waals surface area contributed by atoms with Crippen LogP contribution < -0.4 is 10.6 Å². The molecule has 2 N–H and O–H groups in total. The van der Waals surface area contributed by atoms with Crippen LogP contribution in [0, 0.1) is 6.92 Å². The van der Waals surface area contributed by atoms with E-state index in [2.05, 4.69) is 30.9 Å². The second kappa shape index (κ2) is 10.8. The molecule has 0 atom stereocenters. The van der Waals surface area contributed by atoms with Crippen molar-refractivity contribution in [3.8, 4) is 16.9 Å². The van der Waals surface area contributed by atoms with Gasteiger partial charge in [0.25, 0.3) is 11.8 Å². The number of hydrogen-bond acceptors (Lipinski definition) is 7. The third-order valence-corrected chi connectivity index (χ3v) is 6.02. The topological polar surface area (TPSA) is 128 Å². The van der Waals surface area contributed by atoms with Crippen LogP contribution in [0.25, 0.3) is 16.9 Å². The molecule has 38 heavy (non-hydrogen) atoms. The lowest BCUT2D eigenvalue weighted by atomic mass is 10.1. The number of rotatable bonds is 7. The molecule has 0 aliphatic rings. The highest BCUT2D eigenvalue weighted by Crippen LogP contribution is 2.32. The number of carbonyl (C=O) groups is 2. The van der Waals surface area contributed by atoms with Crippen molar-refractivity contribution in [1.29, 1.82) is 0 Å². The van der Waals surface area contributed by atoms with E-state index < -0.39 is 11.8 Å². The van der Waals surface area contributed by atoms with Gasteiger partial charge in [-0.25, -0.2) is 4.68 Å². The smallest absolute Gasteiger partial charge is 0.272 e. The maximum atomic E-state index is 13.4. The first kappa shape index (κ1) is 25.1. The van der Waals surface area contributed by atoms with Crippen molar-refractivity contribution in [2.45, 2.75) is 13.5 Å². The third kappa shape index (κ3) is 5.41. The Morgan fingerprint density at radius 3 is 2.45 bits per heavy atom. The van der Waals surface area contributed by atoms with Gasteiger partial charge in [-0.1, -0.05) is 47.5 Å². The highest BCUT2D eigenvalue weighted by atomic mass is 35.5. The number of hydrogen-bond donors (Lipinski definition) is 2. The molecule has 0 saturated carbocycles. The summed E-state index contributed by atoms with van der Waals surface area (Å²) in [4.78, 5) is 30.5. The normalized spacial score (nSPS) is 10.8. The zero-order chi connectivity index (χ0) is 26.6. The molecule has 5 aromatic rings. The Hall–Kier alpha value is -4.54. The van der Waals surface area contributed by atoms with Crippen molar-refractivity contribution in [3.63, 3.8) is 0 Å². The molecule has 3 heterocycles. The van der Waals surface area contributed by atoms with Gasteiger partial charge in [-0.15, -0.1) is 10.2 Å². The van der Waals surface area contributed by atoms with Gasteiger partial charge in [0.2, 0.25) is 11.8 Å². The lowest BCUT2D eigenvalue weighted by Crippen LogP contribution is -2.23. The van der Waals surface area contributed by atoms with E-state index in [9.17, 15) is 9.59 Å². The summed E-state index contributed by atoms with van der Waals surface area (Å²) in [5.74, 6) is -0.111. The van der Waals surface area contributed by atoms with E-state index in [4.69, 9.17) is 27.6 Å². The lowest BCUT2D eigenvalue weighted by Gasteiger charge is -2.12. The van der Waals surface area contributed by atoms with E-state index >= 15 is 0 Å². The average Bonchev–Trinajstić information content (AvgIpc) is 3.54. The minimum Gasteiger partial charge on any atom is -0.424 e. The van der Waals surface area contributed by atoms with Crippen molar-refractivity contribution < 1.29 is 14.0 Å². The maximum Gasteiger partial charge on any atom is 0.272 e. The van der Waals surface area contributed by atoms with Crippen LogP contribution in [0.4, 0.5) is 5.82 Å². The fourth-order valence-electron chi connectivity index (χ4n) is 3.63. The first-order valence-electron chi connectivity index (χ1n) is 11.3. The van der Waals surface area contributed by atoms with Crippen molar-refractivity contribution in [1.82, 2.24) is 30.3 Å². The predicted octanol–water partition coefficient (Wildman–Crippen LogP) is 5.11. The van der Waals surface area contributed by atoms with E-state index in [1.807, 2.05) is 24.3 Å². The monoisotopic (exact) mass is 547 g/mol. The molecule has 5 rings (SSSR count). The standard InChI is InChI=1S/C26H19Cl2N7O3/c1-15-32-33-24(38-15)14-30-26(37)22-13-23(35(34-22)16-7-3-2-4-8-16)31-25(36)18-11-17(19(27)12-20(18)28)21-9-5-6-10-29-21/h2-13H,14H2,1H3,(H,30,37)(H,31,36). The largest absolute Gasteiger partial charge is 0.424 e. The Labute approximate surface area is 226 Å². The first-order valence-corrected chi connectivity index (χ1v) is 12.1. The Kier molecular flexibility index (Phi) is 7.16. The SMILES string of the molecule is Cc1nnc(CNC(=O)c2cc(NC(=O)c3cc(-c4ccccn4)c(Cl)cc3Cl)n(-c3ccccc3)n2)o1. The van der Waals surface area contributed by atoms with Crippen molar-refractivity contribution >= 4 is 40.8 Å². The molecule has 0 radical (unpaired) electrons. The number of amides is 2. The number of halogens is 2. The molecule has 0 unspecified atom stereocenters. The van der Waals surface area contributed by atoms with Gasteiger partial charge in [0.15, 0.2) is 5.69 Å². The van der Waals surface area contributed by atoms with E-state index in [0.29, 0.717) is 27.9 Å². The third-order valence-electron chi connectivity index (χ3n) is 5.39. The highest BCUT2D eigenvalue weighted by Gasteiger charge is 2.21. The van der Waals surface area contributed by atoms with Crippen LogP contribution in [-0.2, 0) is 6.54 Å². The van der Waals surface area contributed by atoms with E-state index in [-0.39, 0.29) is 34.5 Å². The van der Waals surface area contributed by atoms with Gasteiger partial charge >= 0.3 is 0 Å². The van der Waals surface area contributed by atoms with Gasteiger partial charge in [-0.3, -0.25) is 14.6 Å². The molecule has 0 saturated heterocycles. The number of carbonyl (C=O) groups excluding carboxylic acids is 2. The van der Waals surface area contributed by atoms with Gasteiger partial charge in [0.1, 0.15) is 5.82 Å². The summed E-state index contributed by atoms with van der Waals surface area (Å²) in [6.07, 6.45) is 1.63. The van der Waals surface area contributed by atoms with Crippen molar-refractivity contribution in [3.05, 3.63) is 106 Å². The number of aromatic nitrogens is 5. The van der Waals surface area contributed by atoms with Gasteiger partial charge in [-0.05, 0) is 36.4 Å². The van der Waals surface area contributed by atoms with Gasteiger partial charge < -0.3 is 15.1 Å². The molecule has 0 spiro atoms. The van der Waals surface area contributed by atoms with Gasteiger partial charge in [-0.2, -0.15) is 5.10 Å². The van der Waals surface area contributed by atoms with Crippen molar-refractivity contribution in [2.24, 2.45) is 0 Å². The maximum absolute atomic E-state index is 13.4. The minimum absolute atomic E-state index is 0.0241. The second-order valence-corrected chi connectivity index (χ2v) is 8.86. The van der Waals surface area contributed by atoms with E-state index in [1.54, 1.807) is 43.5 Å². The summed E-state index contributed by atoms with van der Waals surface area (Å²) in [5.41, 5.74) is 2.01. The number of benzene rings is 2. The zero-order valence-electron chi connectivity index (χ0n) is 19.9. The molecule has 0 bridgehead atoms. The Bertz CT molecular complexity index is 1620. The second-order valence-electron chi connectivity index (χ2n) is 8.04. The fraction of sp³-hybridized carbons (Fsp3) is 0.0769. The molecule has 12 heteroatoms.